The molecule has 1 atom stereocenters. The van der Waals surface area contributed by atoms with E-state index in [1.165, 1.54) is 0 Å². The number of halogens is 1. The van der Waals surface area contributed by atoms with Crippen LogP contribution in [0.2, 0.25) is 0 Å². The molecule has 0 bridgehead atoms. The summed E-state index contributed by atoms with van der Waals surface area (Å²) in [5.41, 5.74) is 0.698. The maximum atomic E-state index is 14.0. The zero-order valence-electron chi connectivity index (χ0n) is 10.1. The van der Waals surface area contributed by atoms with E-state index >= 15 is 0 Å². The Hall–Kier alpha value is -1.58. The Kier molecular flexibility index (Phi) is 2.94. The Morgan fingerprint density at radius 1 is 1.39 bits per heavy atom. The second kappa shape index (κ2) is 4.59. The number of nitrogens with zero attached hydrogens (tertiary/aromatic N) is 1. The van der Waals surface area contributed by atoms with Gasteiger partial charge in [-0.15, -0.1) is 0 Å². The minimum atomic E-state index is -1.35. The van der Waals surface area contributed by atoms with E-state index in [9.17, 15) is 9.18 Å². The number of hydrogen-bond donors (Lipinski definition) is 0. The van der Waals surface area contributed by atoms with Crippen molar-refractivity contribution >= 4 is 11.6 Å². The van der Waals surface area contributed by atoms with Crippen LogP contribution in [0.5, 0.6) is 5.75 Å². The van der Waals surface area contributed by atoms with Gasteiger partial charge >= 0.3 is 0 Å². The van der Waals surface area contributed by atoms with Crippen molar-refractivity contribution in [2.45, 2.75) is 25.4 Å². The maximum Gasteiger partial charge on any atom is 0.261 e. The summed E-state index contributed by atoms with van der Waals surface area (Å²) in [6.45, 7) is 1.10. The number of anilines is 1. The molecule has 1 heterocycles. The number of ether oxygens (including phenoxy) is 1. The molecule has 0 saturated heterocycles. The van der Waals surface area contributed by atoms with Gasteiger partial charge in [-0.05, 0) is 37.3 Å². The van der Waals surface area contributed by atoms with E-state index in [0.29, 0.717) is 24.6 Å². The van der Waals surface area contributed by atoms with Crippen LogP contribution in [0.3, 0.4) is 0 Å². The van der Waals surface area contributed by atoms with Crippen LogP contribution in [0.1, 0.15) is 19.3 Å². The van der Waals surface area contributed by atoms with Crippen molar-refractivity contribution in [3.8, 4) is 5.75 Å². The van der Waals surface area contributed by atoms with Gasteiger partial charge in [-0.3, -0.25) is 4.79 Å². The van der Waals surface area contributed by atoms with Crippen molar-refractivity contribution in [1.29, 1.82) is 0 Å². The molecule has 1 saturated carbocycles. The average molecular weight is 249 g/mol. The molecule has 0 N–H and O–H groups in total. The molecule has 0 spiro atoms. The van der Waals surface area contributed by atoms with Crippen LogP contribution in [-0.4, -0.2) is 25.2 Å². The van der Waals surface area contributed by atoms with Gasteiger partial charge in [-0.2, -0.15) is 0 Å². The quantitative estimate of drug-likeness (QED) is 0.806. The third-order valence-corrected chi connectivity index (χ3v) is 3.48. The predicted molar refractivity (Wildman–Crippen MR) is 66.5 cm³/mol. The predicted octanol–water partition coefficient (Wildman–Crippen LogP) is 2.55. The fraction of sp³-hybridized carbons (Fsp3) is 0.500. The van der Waals surface area contributed by atoms with E-state index in [4.69, 9.17) is 4.74 Å². The van der Waals surface area contributed by atoms with E-state index in [1.807, 2.05) is 24.3 Å². The molecule has 0 radical (unpaired) electrons. The van der Waals surface area contributed by atoms with Crippen LogP contribution in [0, 0.1) is 5.92 Å². The fourth-order valence-electron chi connectivity index (χ4n) is 2.30. The summed E-state index contributed by atoms with van der Waals surface area (Å²) >= 11 is 0. The Balaban J connectivity index is 1.88. The number of carbonyl (C=O) groups is 1. The second-order valence-corrected chi connectivity index (χ2v) is 4.90. The molecule has 96 valence electrons. The lowest BCUT2D eigenvalue weighted by Gasteiger charge is -2.23. The number of benzene rings is 1. The van der Waals surface area contributed by atoms with Crippen LogP contribution in [0.15, 0.2) is 24.3 Å². The summed E-state index contributed by atoms with van der Waals surface area (Å²) in [5, 5.41) is 0. The Morgan fingerprint density at radius 3 is 2.94 bits per heavy atom. The summed E-state index contributed by atoms with van der Waals surface area (Å²) < 4.78 is 19.5. The summed E-state index contributed by atoms with van der Waals surface area (Å²) in [4.78, 5) is 13.7. The highest BCUT2D eigenvalue weighted by atomic mass is 19.1. The van der Waals surface area contributed by atoms with Crippen molar-refractivity contribution < 1.29 is 13.9 Å². The number of carbonyl (C=O) groups excluding carboxylic acids is 1. The Bertz CT molecular complexity index is 459. The largest absolute Gasteiger partial charge is 0.491 e. The molecule has 1 unspecified atom stereocenters. The number of hydrogen-bond acceptors (Lipinski definition) is 2. The molecule has 0 aromatic heterocycles. The Labute approximate surface area is 106 Å². The first-order valence-electron chi connectivity index (χ1n) is 6.44. The van der Waals surface area contributed by atoms with Crippen molar-refractivity contribution in [1.82, 2.24) is 0 Å². The van der Waals surface area contributed by atoms with E-state index < -0.39 is 12.1 Å². The van der Waals surface area contributed by atoms with Crippen LogP contribution in [0.25, 0.3) is 0 Å². The van der Waals surface area contributed by atoms with Gasteiger partial charge in [0.1, 0.15) is 5.75 Å². The first kappa shape index (κ1) is 11.5. The van der Waals surface area contributed by atoms with Crippen LogP contribution < -0.4 is 9.64 Å². The second-order valence-electron chi connectivity index (χ2n) is 4.90. The van der Waals surface area contributed by atoms with E-state index in [0.717, 1.165) is 19.3 Å². The fourth-order valence-corrected chi connectivity index (χ4v) is 2.30. The van der Waals surface area contributed by atoms with Gasteiger partial charge < -0.3 is 9.64 Å². The third-order valence-electron chi connectivity index (χ3n) is 3.48. The van der Waals surface area contributed by atoms with Crippen molar-refractivity contribution in [3.63, 3.8) is 0 Å². The molecule has 18 heavy (non-hydrogen) atoms. The van der Waals surface area contributed by atoms with E-state index in [-0.39, 0.29) is 5.92 Å². The molecule has 1 aliphatic carbocycles. The zero-order valence-corrected chi connectivity index (χ0v) is 10.1. The molecular weight excluding hydrogens is 233 g/mol. The third kappa shape index (κ3) is 2.07. The molecule has 3 rings (SSSR count). The highest BCUT2D eigenvalue weighted by molar-refractivity contribution is 5.98. The maximum absolute atomic E-state index is 14.0. The topological polar surface area (TPSA) is 29.5 Å². The van der Waals surface area contributed by atoms with Gasteiger partial charge in [0.05, 0.1) is 12.3 Å². The van der Waals surface area contributed by atoms with E-state index in [2.05, 4.69) is 0 Å². The molecule has 4 heteroatoms. The lowest BCUT2D eigenvalue weighted by molar-refractivity contribution is -0.124. The molecule has 1 aromatic carbocycles. The van der Waals surface area contributed by atoms with E-state index in [1.54, 1.807) is 4.90 Å². The molecule has 1 aromatic rings. The molecule has 2 aliphatic rings. The summed E-state index contributed by atoms with van der Waals surface area (Å²) in [5.74, 6) is 0.204. The highest BCUT2D eigenvalue weighted by Crippen LogP contribution is 2.37. The minimum Gasteiger partial charge on any atom is -0.491 e. The SMILES string of the molecule is O=C(C(F)C1CC1)N1CCCOc2ccccc21. The summed E-state index contributed by atoms with van der Waals surface area (Å²) in [7, 11) is 0. The van der Waals surface area contributed by atoms with Gasteiger partial charge in [0.25, 0.3) is 5.91 Å². The van der Waals surface area contributed by atoms with Crippen molar-refractivity contribution in [2.75, 3.05) is 18.1 Å². The summed E-state index contributed by atoms with van der Waals surface area (Å²) in [6, 6.07) is 7.35. The number of amides is 1. The van der Waals surface area contributed by atoms with Gasteiger partial charge in [-0.25, -0.2) is 4.39 Å². The minimum absolute atomic E-state index is 0.0613. The molecule has 1 amide bonds. The molecule has 1 fully saturated rings. The standard InChI is InChI=1S/C14H16FNO2/c15-13(10-6-7-10)14(17)16-8-3-9-18-12-5-2-1-4-11(12)16/h1-2,4-5,10,13H,3,6-9H2. The molecule has 3 nitrogen and oxygen atoms in total. The van der Waals surface area contributed by atoms with Gasteiger partial charge in [0, 0.05) is 6.54 Å². The number of alkyl halides is 1. The normalized spacial score (nSPS) is 20.6. The molecule has 1 aliphatic heterocycles. The summed E-state index contributed by atoms with van der Waals surface area (Å²) in [6.07, 6.45) is 1.05. The van der Waals surface area contributed by atoms with Crippen molar-refractivity contribution in [2.24, 2.45) is 5.92 Å². The smallest absolute Gasteiger partial charge is 0.261 e. The first-order valence-corrected chi connectivity index (χ1v) is 6.44. The van der Waals surface area contributed by atoms with Gasteiger partial charge in [-0.1, -0.05) is 12.1 Å². The molecular formula is C14H16FNO2. The number of fused-ring (bicyclic) bond motifs is 1. The average Bonchev–Trinajstić information content (AvgIpc) is 3.23. The highest BCUT2D eigenvalue weighted by Gasteiger charge is 2.39. The van der Waals surface area contributed by atoms with Crippen molar-refractivity contribution in [3.05, 3.63) is 24.3 Å². The monoisotopic (exact) mass is 249 g/mol. The van der Waals surface area contributed by atoms with Crippen LogP contribution in [0.4, 0.5) is 10.1 Å². The number of para-hydroxylation sites is 2. The lowest BCUT2D eigenvalue weighted by Crippen LogP contribution is -2.38. The van der Waals surface area contributed by atoms with Crippen LogP contribution >= 0.6 is 0 Å². The van der Waals surface area contributed by atoms with Crippen LogP contribution in [-0.2, 0) is 4.79 Å². The Morgan fingerprint density at radius 2 is 2.17 bits per heavy atom. The first-order chi connectivity index (χ1) is 8.77. The zero-order chi connectivity index (χ0) is 12.5. The number of rotatable bonds is 2. The van der Waals surface area contributed by atoms with Gasteiger partial charge in [0.2, 0.25) is 0 Å². The lowest BCUT2D eigenvalue weighted by atomic mass is 10.2. The van der Waals surface area contributed by atoms with Gasteiger partial charge in [0.15, 0.2) is 6.17 Å².